The highest BCUT2D eigenvalue weighted by Crippen LogP contribution is 2.66. The molecule has 3 heteroatoms. The zero-order valence-corrected chi connectivity index (χ0v) is 12.0. The number of thiocarbonyl (C=S) groups is 1. The summed E-state index contributed by atoms with van der Waals surface area (Å²) in [7, 11) is 0. The molecule has 3 saturated carbocycles. The lowest BCUT2D eigenvalue weighted by molar-refractivity contribution is 0.456. The van der Waals surface area contributed by atoms with Gasteiger partial charge in [0.15, 0.2) is 0 Å². The molecule has 2 nitrogen and oxygen atoms in total. The van der Waals surface area contributed by atoms with E-state index in [-0.39, 0.29) is 0 Å². The van der Waals surface area contributed by atoms with E-state index in [1.165, 1.54) is 24.8 Å². The lowest BCUT2D eigenvalue weighted by Crippen LogP contribution is -2.17. The van der Waals surface area contributed by atoms with E-state index in [1.807, 2.05) is 6.07 Å². The fraction of sp³-hybridized carbons (Fsp3) is 0.562. The van der Waals surface area contributed by atoms with E-state index >= 15 is 0 Å². The van der Waals surface area contributed by atoms with E-state index in [0.29, 0.717) is 11.0 Å². The Hall–Kier alpha value is -1.09. The molecule has 0 aromatic heterocycles. The minimum Gasteiger partial charge on any atom is -0.389 e. The van der Waals surface area contributed by atoms with Gasteiger partial charge in [-0.05, 0) is 67.6 Å². The van der Waals surface area contributed by atoms with E-state index in [1.54, 1.807) is 0 Å². The predicted octanol–water partition coefficient (Wildman–Crippen LogP) is 3.09. The molecule has 0 spiro atoms. The molecule has 1 aromatic rings. The molecular formula is C16H20N2S. The highest BCUT2D eigenvalue weighted by molar-refractivity contribution is 7.80. The van der Waals surface area contributed by atoms with Gasteiger partial charge >= 0.3 is 0 Å². The van der Waals surface area contributed by atoms with Crippen LogP contribution in [0.5, 0.6) is 0 Å². The predicted molar refractivity (Wildman–Crippen MR) is 82.3 cm³/mol. The Morgan fingerprint density at radius 1 is 1.26 bits per heavy atom. The normalized spacial score (nSPS) is 38.1. The van der Waals surface area contributed by atoms with E-state index in [0.717, 1.165) is 34.9 Å². The molecule has 4 rings (SSSR count). The fourth-order valence-corrected chi connectivity index (χ4v) is 4.87. The van der Waals surface area contributed by atoms with E-state index in [4.69, 9.17) is 18.0 Å². The molecule has 0 radical (unpaired) electrons. The van der Waals surface area contributed by atoms with Gasteiger partial charge in [0, 0.05) is 17.3 Å². The van der Waals surface area contributed by atoms with Crippen molar-refractivity contribution in [1.82, 2.24) is 0 Å². The average molecular weight is 272 g/mol. The van der Waals surface area contributed by atoms with Crippen LogP contribution < -0.4 is 11.1 Å². The van der Waals surface area contributed by atoms with Gasteiger partial charge in [-0.1, -0.05) is 18.3 Å². The minimum absolute atomic E-state index is 0.497. The van der Waals surface area contributed by atoms with Crippen molar-refractivity contribution in [2.24, 2.45) is 29.4 Å². The smallest absolute Gasteiger partial charge is 0.106 e. The first kappa shape index (κ1) is 11.7. The van der Waals surface area contributed by atoms with Crippen molar-refractivity contribution in [1.29, 1.82) is 0 Å². The largest absolute Gasteiger partial charge is 0.389 e. The number of rotatable bonds is 3. The summed E-state index contributed by atoms with van der Waals surface area (Å²) in [5.41, 5.74) is 9.24. The third kappa shape index (κ3) is 1.71. The molecule has 2 bridgehead atoms. The Kier molecular flexibility index (Phi) is 2.44. The van der Waals surface area contributed by atoms with Gasteiger partial charge in [0.25, 0.3) is 0 Å². The molecule has 4 atom stereocenters. The Balaban J connectivity index is 1.58. The molecule has 3 N–H and O–H groups in total. The van der Waals surface area contributed by atoms with Gasteiger partial charge in [-0.2, -0.15) is 0 Å². The molecule has 1 aromatic carbocycles. The summed E-state index contributed by atoms with van der Waals surface area (Å²) in [6.07, 6.45) is 4.41. The van der Waals surface area contributed by atoms with Crippen LogP contribution in [0.1, 0.15) is 30.4 Å². The number of aryl methyl sites for hydroxylation is 1. The number of anilines is 1. The first-order valence-electron chi connectivity index (χ1n) is 7.32. The van der Waals surface area contributed by atoms with Gasteiger partial charge in [-0.25, -0.2) is 0 Å². The van der Waals surface area contributed by atoms with Crippen LogP contribution in [0, 0.1) is 30.6 Å². The maximum atomic E-state index is 5.83. The molecule has 0 heterocycles. The summed E-state index contributed by atoms with van der Waals surface area (Å²) >= 11 is 5.16. The second-order valence-electron chi connectivity index (χ2n) is 6.57. The number of nitrogens with two attached hydrogens (primary N) is 1. The van der Waals surface area contributed by atoms with Crippen LogP contribution in [0.2, 0.25) is 0 Å². The van der Waals surface area contributed by atoms with Crippen molar-refractivity contribution < 1.29 is 0 Å². The number of benzene rings is 1. The maximum absolute atomic E-state index is 5.83. The van der Waals surface area contributed by atoms with Gasteiger partial charge in [0.1, 0.15) is 4.99 Å². The standard InChI is InChI=1S/C16H20N2S/c1-8-2-5-11(16(17)19)12(6-8)18-15-13-9-3-4-10(7-9)14(13)15/h2,5-6,9-10,13-15,18H,3-4,7H2,1H3,(H2,17,19). The fourth-order valence-electron chi connectivity index (χ4n) is 4.69. The zero-order valence-electron chi connectivity index (χ0n) is 11.2. The lowest BCUT2D eigenvalue weighted by atomic mass is 10.0. The topological polar surface area (TPSA) is 38.0 Å². The molecule has 100 valence electrons. The maximum Gasteiger partial charge on any atom is 0.106 e. The van der Waals surface area contributed by atoms with Crippen molar-refractivity contribution in [2.45, 2.75) is 32.2 Å². The molecule has 0 saturated heterocycles. The molecule has 3 aliphatic rings. The van der Waals surface area contributed by atoms with Crippen LogP contribution in [-0.4, -0.2) is 11.0 Å². The van der Waals surface area contributed by atoms with Crippen LogP contribution in [0.3, 0.4) is 0 Å². The highest BCUT2D eigenvalue weighted by atomic mass is 32.1. The van der Waals surface area contributed by atoms with Crippen molar-refractivity contribution in [3.8, 4) is 0 Å². The van der Waals surface area contributed by atoms with Crippen LogP contribution in [0.4, 0.5) is 5.69 Å². The first-order chi connectivity index (χ1) is 9.15. The van der Waals surface area contributed by atoms with Crippen LogP contribution in [0.15, 0.2) is 18.2 Å². The summed E-state index contributed by atoms with van der Waals surface area (Å²) in [6, 6.07) is 7.00. The molecule has 3 fully saturated rings. The van der Waals surface area contributed by atoms with Crippen molar-refractivity contribution >= 4 is 22.9 Å². The lowest BCUT2D eigenvalue weighted by Gasteiger charge is -2.15. The van der Waals surface area contributed by atoms with Crippen molar-refractivity contribution in [2.75, 3.05) is 5.32 Å². The Morgan fingerprint density at radius 2 is 1.95 bits per heavy atom. The molecular weight excluding hydrogens is 252 g/mol. The number of hydrogen-bond donors (Lipinski definition) is 2. The first-order valence-corrected chi connectivity index (χ1v) is 7.73. The van der Waals surface area contributed by atoms with E-state index in [9.17, 15) is 0 Å². The van der Waals surface area contributed by atoms with E-state index in [2.05, 4.69) is 24.4 Å². The van der Waals surface area contributed by atoms with Crippen LogP contribution in [0.25, 0.3) is 0 Å². The van der Waals surface area contributed by atoms with Crippen molar-refractivity contribution in [3.05, 3.63) is 29.3 Å². The van der Waals surface area contributed by atoms with Crippen molar-refractivity contribution in [3.63, 3.8) is 0 Å². The molecule has 4 unspecified atom stereocenters. The molecule has 3 aliphatic carbocycles. The minimum atomic E-state index is 0.497. The summed E-state index contributed by atoms with van der Waals surface area (Å²) < 4.78 is 0. The Bertz CT molecular complexity index is 538. The van der Waals surface area contributed by atoms with Gasteiger partial charge in [0.2, 0.25) is 0 Å². The summed E-state index contributed by atoms with van der Waals surface area (Å²) in [6.45, 7) is 2.12. The quantitative estimate of drug-likeness (QED) is 0.830. The Morgan fingerprint density at radius 3 is 2.58 bits per heavy atom. The molecule has 0 aliphatic heterocycles. The summed E-state index contributed by atoms with van der Waals surface area (Å²) in [5.74, 6) is 3.84. The third-order valence-corrected chi connectivity index (χ3v) is 5.72. The van der Waals surface area contributed by atoms with Crippen LogP contribution in [-0.2, 0) is 0 Å². The van der Waals surface area contributed by atoms with Crippen LogP contribution >= 0.6 is 12.2 Å². The SMILES string of the molecule is Cc1ccc(C(N)=S)c(NC2C3C4CCC(C4)C23)c1. The number of nitrogens with one attached hydrogen (secondary N) is 1. The second kappa shape index (κ2) is 3.95. The average Bonchev–Trinajstić information content (AvgIpc) is 2.78. The second-order valence-corrected chi connectivity index (χ2v) is 7.01. The highest BCUT2D eigenvalue weighted by Gasteiger charge is 2.65. The van der Waals surface area contributed by atoms with Gasteiger partial charge in [0.05, 0.1) is 0 Å². The number of fused-ring (bicyclic) bond motifs is 5. The summed E-state index contributed by atoms with van der Waals surface area (Å²) in [4.78, 5) is 0.497. The summed E-state index contributed by atoms with van der Waals surface area (Å²) in [5, 5.41) is 3.74. The monoisotopic (exact) mass is 272 g/mol. The van der Waals surface area contributed by atoms with Gasteiger partial charge in [-0.15, -0.1) is 0 Å². The Labute approximate surface area is 119 Å². The molecule has 0 amide bonds. The van der Waals surface area contributed by atoms with Gasteiger partial charge in [-0.3, -0.25) is 0 Å². The third-order valence-electron chi connectivity index (χ3n) is 5.50. The number of hydrogen-bond acceptors (Lipinski definition) is 2. The van der Waals surface area contributed by atoms with E-state index < -0.39 is 0 Å². The molecule has 19 heavy (non-hydrogen) atoms. The zero-order chi connectivity index (χ0) is 13.1. The van der Waals surface area contributed by atoms with Gasteiger partial charge < -0.3 is 11.1 Å².